The molecule has 1 aromatic carbocycles. The third kappa shape index (κ3) is 2.65. The van der Waals surface area contributed by atoms with E-state index in [0.29, 0.717) is 6.04 Å². The van der Waals surface area contributed by atoms with Crippen LogP contribution in [0, 0.1) is 6.92 Å². The van der Waals surface area contributed by atoms with Gasteiger partial charge in [0.05, 0.1) is 17.3 Å². The Morgan fingerprint density at radius 3 is 2.83 bits per heavy atom. The predicted molar refractivity (Wildman–Crippen MR) is 92.3 cm³/mol. The molecular weight excluding hydrogens is 310 g/mol. The van der Waals surface area contributed by atoms with Gasteiger partial charge in [-0.1, -0.05) is 30.5 Å². The molecule has 4 rings (SSSR count). The van der Waals surface area contributed by atoms with Crippen molar-refractivity contribution in [1.82, 2.24) is 19.7 Å². The minimum Gasteiger partial charge on any atom is -0.367 e. The van der Waals surface area contributed by atoms with Crippen LogP contribution in [0.1, 0.15) is 31.2 Å². The number of aryl methyl sites for hydroxylation is 1. The number of rotatable bonds is 3. The fourth-order valence-corrected chi connectivity index (χ4v) is 3.30. The van der Waals surface area contributed by atoms with Crippen molar-refractivity contribution in [2.24, 2.45) is 0 Å². The van der Waals surface area contributed by atoms with Crippen LogP contribution in [0.3, 0.4) is 0 Å². The van der Waals surface area contributed by atoms with Gasteiger partial charge in [0.2, 0.25) is 0 Å². The lowest BCUT2D eigenvalue weighted by molar-refractivity contribution is 0.751. The highest BCUT2D eigenvalue weighted by Crippen LogP contribution is 2.27. The van der Waals surface area contributed by atoms with Gasteiger partial charge in [0.15, 0.2) is 5.65 Å². The Labute approximate surface area is 139 Å². The zero-order chi connectivity index (χ0) is 15.8. The second-order valence-electron chi connectivity index (χ2n) is 6.08. The van der Waals surface area contributed by atoms with E-state index in [1.165, 1.54) is 25.7 Å². The summed E-state index contributed by atoms with van der Waals surface area (Å²) in [6.45, 7) is 1.99. The minimum atomic E-state index is 0.505. The molecule has 2 aromatic heterocycles. The number of hydrogen-bond acceptors (Lipinski definition) is 4. The van der Waals surface area contributed by atoms with Crippen molar-refractivity contribution in [2.75, 3.05) is 5.32 Å². The summed E-state index contributed by atoms with van der Waals surface area (Å²) in [6, 6.07) is 6.41. The quantitative estimate of drug-likeness (QED) is 0.785. The fourth-order valence-electron chi connectivity index (χ4n) is 3.13. The Morgan fingerprint density at radius 1 is 1.22 bits per heavy atom. The second-order valence-corrected chi connectivity index (χ2v) is 6.48. The van der Waals surface area contributed by atoms with E-state index in [4.69, 9.17) is 11.6 Å². The second kappa shape index (κ2) is 5.81. The molecule has 0 saturated heterocycles. The Hall–Kier alpha value is -2.14. The van der Waals surface area contributed by atoms with Crippen LogP contribution in [0.4, 0.5) is 5.82 Å². The van der Waals surface area contributed by atoms with E-state index in [-0.39, 0.29) is 0 Å². The first-order valence-corrected chi connectivity index (χ1v) is 8.32. The number of nitrogens with zero attached hydrogens (tertiary/aromatic N) is 4. The van der Waals surface area contributed by atoms with Crippen LogP contribution in [-0.4, -0.2) is 25.8 Å². The molecule has 0 spiro atoms. The van der Waals surface area contributed by atoms with Crippen molar-refractivity contribution >= 4 is 28.5 Å². The number of fused-ring (bicyclic) bond motifs is 1. The van der Waals surface area contributed by atoms with Crippen molar-refractivity contribution in [2.45, 2.75) is 38.6 Å². The molecule has 1 N–H and O–H groups in total. The summed E-state index contributed by atoms with van der Waals surface area (Å²) >= 11 is 6.24. The molecule has 0 bridgehead atoms. The van der Waals surface area contributed by atoms with Crippen LogP contribution in [0.5, 0.6) is 0 Å². The van der Waals surface area contributed by atoms with E-state index in [1.807, 2.05) is 36.0 Å². The van der Waals surface area contributed by atoms with E-state index >= 15 is 0 Å². The summed E-state index contributed by atoms with van der Waals surface area (Å²) in [5.41, 5.74) is 2.74. The molecular formula is C17H18ClN5. The standard InChI is InChI=1S/C17H18ClN5/c1-11-6-7-13(8-15(11)18)23-17-14(9-21-23)16(19-10-20-17)22-12-4-2-3-5-12/h6-10,12H,2-5H2,1H3,(H,19,20,22). The minimum absolute atomic E-state index is 0.505. The van der Waals surface area contributed by atoms with Crippen LogP contribution in [0.2, 0.25) is 5.02 Å². The summed E-state index contributed by atoms with van der Waals surface area (Å²) in [4.78, 5) is 8.82. The lowest BCUT2D eigenvalue weighted by Crippen LogP contribution is -2.15. The summed E-state index contributed by atoms with van der Waals surface area (Å²) < 4.78 is 1.81. The highest BCUT2D eigenvalue weighted by Gasteiger charge is 2.18. The van der Waals surface area contributed by atoms with E-state index < -0.39 is 0 Å². The maximum absolute atomic E-state index is 6.24. The maximum atomic E-state index is 6.24. The van der Waals surface area contributed by atoms with Crippen molar-refractivity contribution in [3.8, 4) is 5.69 Å². The van der Waals surface area contributed by atoms with Gasteiger partial charge in [-0.3, -0.25) is 0 Å². The number of halogens is 1. The Bertz CT molecular complexity index is 851. The van der Waals surface area contributed by atoms with Gasteiger partial charge in [-0.2, -0.15) is 5.10 Å². The van der Waals surface area contributed by atoms with Gasteiger partial charge in [-0.15, -0.1) is 0 Å². The molecule has 1 saturated carbocycles. The third-order valence-electron chi connectivity index (χ3n) is 4.46. The molecule has 1 fully saturated rings. The van der Waals surface area contributed by atoms with Gasteiger partial charge in [-0.05, 0) is 37.5 Å². The normalized spacial score (nSPS) is 15.4. The topological polar surface area (TPSA) is 55.6 Å². The van der Waals surface area contributed by atoms with E-state index in [2.05, 4.69) is 20.4 Å². The number of anilines is 1. The molecule has 5 nitrogen and oxygen atoms in total. The molecule has 0 atom stereocenters. The summed E-state index contributed by atoms with van der Waals surface area (Å²) in [7, 11) is 0. The molecule has 1 aliphatic rings. The molecule has 6 heteroatoms. The predicted octanol–water partition coefficient (Wildman–Crippen LogP) is 4.13. The smallest absolute Gasteiger partial charge is 0.168 e. The van der Waals surface area contributed by atoms with Crippen LogP contribution in [0.15, 0.2) is 30.7 Å². The Morgan fingerprint density at radius 2 is 2.04 bits per heavy atom. The summed E-state index contributed by atoms with van der Waals surface area (Å²) in [5.74, 6) is 0.867. The average Bonchev–Trinajstić information content (AvgIpc) is 3.20. The van der Waals surface area contributed by atoms with E-state index in [1.54, 1.807) is 6.33 Å². The summed E-state index contributed by atoms with van der Waals surface area (Å²) in [6.07, 6.45) is 8.38. The van der Waals surface area contributed by atoms with Crippen LogP contribution >= 0.6 is 11.6 Å². The van der Waals surface area contributed by atoms with Crippen molar-refractivity contribution in [3.05, 3.63) is 41.3 Å². The van der Waals surface area contributed by atoms with Gasteiger partial charge in [0.25, 0.3) is 0 Å². The number of nitrogens with one attached hydrogen (secondary N) is 1. The molecule has 3 aromatic rings. The monoisotopic (exact) mass is 327 g/mol. The molecule has 0 unspecified atom stereocenters. The van der Waals surface area contributed by atoms with Crippen molar-refractivity contribution < 1.29 is 0 Å². The Balaban J connectivity index is 1.75. The van der Waals surface area contributed by atoms with Crippen molar-refractivity contribution in [1.29, 1.82) is 0 Å². The molecule has 0 aliphatic heterocycles. The van der Waals surface area contributed by atoms with Crippen molar-refractivity contribution in [3.63, 3.8) is 0 Å². The van der Waals surface area contributed by atoms with Gasteiger partial charge >= 0.3 is 0 Å². The molecule has 118 valence electrons. The first-order chi connectivity index (χ1) is 11.2. The lowest BCUT2D eigenvalue weighted by atomic mass is 10.2. The van der Waals surface area contributed by atoms with E-state index in [0.717, 1.165) is 33.1 Å². The van der Waals surface area contributed by atoms with Gasteiger partial charge in [-0.25, -0.2) is 14.6 Å². The van der Waals surface area contributed by atoms with Gasteiger partial charge in [0.1, 0.15) is 12.1 Å². The first-order valence-electron chi connectivity index (χ1n) is 7.94. The lowest BCUT2D eigenvalue weighted by Gasteiger charge is -2.12. The summed E-state index contributed by atoms with van der Waals surface area (Å²) in [5, 5.41) is 9.69. The molecule has 0 radical (unpaired) electrons. The number of aromatic nitrogens is 4. The van der Waals surface area contributed by atoms with Crippen LogP contribution in [-0.2, 0) is 0 Å². The first kappa shape index (κ1) is 14.5. The molecule has 0 amide bonds. The molecule has 1 aliphatic carbocycles. The molecule has 2 heterocycles. The van der Waals surface area contributed by atoms with Crippen LogP contribution < -0.4 is 5.32 Å². The fraction of sp³-hybridized carbons (Fsp3) is 0.353. The largest absolute Gasteiger partial charge is 0.367 e. The SMILES string of the molecule is Cc1ccc(-n2ncc3c(NC4CCCC4)ncnc32)cc1Cl. The number of hydrogen-bond donors (Lipinski definition) is 1. The number of benzene rings is 1. The van der Waals surface area contributed by atoms with E-state index in [9.17, 15) is 0 Å². The Kier molecular flexibility index (Phi) is 3.65. The van der Waals surface area contributed by atoms with Crippen LogP contribution in [0.25, 0.3) is 16.7 Å². The van der Waals surface area contributed by atoms with Gasteiger partial charge < -0.3 is 5.32 Å². The molecule has 23 heavy (non-hydrogen) atoms. The van der Waals surface area contributed by atoms with Gasteiger partial charge in [0, 0.05) is 11.1 Å². The third-order valence-corrected chi connectivity index (χ3v) is 4.87. The zero-order valence-corrected chi connectivity index (χ0v) is 13.7. The highest BCUT2D eigenvalue weighted by molar-refractivity contribution is 6.31. The zero-order valence-electron chi connectivity index (χ0n) is 13.0. The highest BCUT2D eigenvalue weighted by atomic mass is 35.5. The maximum Gasteiger partial charge on any atom is 0.168 e. The average molecular weight is 328 g/mol.